The fourth-order valence-electron chi connectivity index (χ4n) is 1.75. The number of rotatable bonds is 5. The third kappa shape index (κ3) is 3.83. The van der Waals surface area contributed by atoms with Gasteiger partial charge in [-0.15, -0.1) is 11.3 Å². The van der Waals surface area contributed by atoms with E-state index >= 15 is 0 Å². The summed E-state index contributed by atoms with van der Waals surface area (Å²) in [7, 11) is 3.90. The van der Waals surface area contributed by atoms with E-state index in [0.717, 1.165) is 28.8 Å². The zero-order chi connectivity index (χ0) is 13.8. The lowest BCUT2D eigenvalue weighted by molar-refractivity contribution is 0.812. The first-order valence-electron chi connectivity index (χ1n) is 5.84. The van der Waals surface area contributed by atoms with E-state index in [1.165, 1.54) is 4.88 Å². The molecule has 2 rings (SSSR count). The zero-order valence-corrected chi connectivity index (χ0v) is 13.1. The number of hydrogen-bond donors (Lipinski definition) is 1. The average Bonchev–Trinajstić information content (AvgIpc) is 2.77. The molecule has 0 aliphatic rings. The van der Waals surface area contributed by atoms with Crippen LogP contribution in [0.15, 0.2) is 24.4 Å². The lowest BCUT2D eigenvalue weighted by atomic mass is 10.2. The molecule has 0 fully saturated rings. The Kier molecular flexibility index (Phi) is 5.05. The molecule has 2 aromatic heterocycles. The van der Waals surface area contributed by atoms with Gasteiger partial charge in [0.05, 0.1) is 15.9 Å². The average molecular weight is 316 g/mol. The maximum atomic E-state index is 6.11. The van der Waals surface area contributed by atoms with E-state index in [4.69, 9.17) is 23.2 Å². The summed E-state index contributed by atoms with van der Waals surface area (Å²) in [6, 6.07) is 5.96. The molecule has 102 valence electrons. The summed E-state index contributed by atoms with van der Waals surface area (Å²) in [4.78, 5) is 7.65. The molecule has 0 saturated carbocycles. The molecule has 0 saturated heterocycles. The topological polar surface area (TPSA) is 28.2 Å². The van der Waals surface area contributed by atoms with E-state index in [2.05, 4.69) is 15.2 Å². The van der Waals surface area contributed by atoms with E-state index in [9.17, 15) is 0 Å². The summed E-state index contributed by atoms with van der Waals surface area (Å²) >= 11 is 13.6. The molecule has 19 heavy (non-hydrogen) atoms. The smallest absolute Gasteiger partial charge is 0.128 e. The van der Waals surface area contributed by atoms with Crippen LogP contribution in [-0.2, 0) is 13.1 Å². The highest BCUT2D eigenvalue weighted by atomic mass is 35.5. The maximum Gasteiger partial charge on any atom is 0.128 e. The predicted octanol–water partition coefficient (Wildman–Crippen LogP) is 3.81. The van der Waals surface area contributed by atoms with Gasteiger partial charge in [-0.2, -0.15) is 0 Å². The number of nitrogens with zero attached hydrogens (tertiary/aromatic N) is 2. The van der Waals surface area contributed by atoms with Gasteiger partial charge in [0.1, 0.15) is 5.82 Å². The van der Waals surface area contributed by atoms with E-state index < -0.39 is 0 Å². The van der Waals surface area contributed by atoms with Crippen LogP contribution < -0.4 is 10.2 Å². The molecule has 0 atom stereocenters. The Labute approximate surface area is 127 Å². The van der Waals surface area contributed by atoms with Crippen LogP contribution >= 0.6 is 34.5 Å². The van der Waals surface area contributed by atoms with Crippen molar-refractivity contribution < 1.29 is 0 Å². The third-order valence-corrected chi connectivity index (χ3v) is 4.26. The standard InChI is InChI=1S/C13H15Cl2N3S/c1-16-6-9-5-13(17-7-11(9)14)18(2)8-10-3-4-12(15)19-10/h3-5,7,16H,6,8H2,1-2H3. The molecule has 0 unspecified atom stereocenters. The van der Waals surface area contributed by atoms with Gasteiger partial charge >= 0.3 is 0 Å². The fourth-order valence-corrected chi connectivity index (χ4v) is 3.07. The van der Waals surface area contributed by atoms with Crippen molar-refractivity contribution in [3.8, 4) is 0 Å². The molecule has 0 spiro atoms. The highest BCUT2D eigenvalue weighted by molar-refractivity contribution is 7.16. The van der Waals surface area contributed by atoms with Gasteiger partial charge in [-0.3, -0.25) is 0 Å². The van der Waals surface area contributed by atoms with Crippen LogP contribution in [0, 0.1) is 0 Å². The molecule has 3 nitrogen and oxygen atoms in total. The summed E-state index contributed by atoms with van der Waals surface area (Å²) in [5.41, 5.74) is 1.05. The largest absolute Gasteiger partial charge is 0.355 e. The van der Waals surface area contributed by atoms with E-state index in [1.54, 1.807) is 17.5 Å². The SMILES string of the molecule is CNCc1cc(N(C)Cc2ccc(Cl)s2)ncc1Cl. The van der Waals surface area contributed by atoms with Crippen molar-refractivity contribution in [2.75, 3.05) is 19.0 Å². The Balaban J connectivity index is 2.14. The van der Waals surface area contributed by atoms with E-state index in [0.29, 0.717) is 5.02 Å². The van der Waals surface area contributed by atoms with Crippen molar-refractivity contribution in [1.29, 1.82) is 0 Å². The predicted molar refractivity (Wildman–Crippen MR) is 83.4 cm³/mol. The number of nitrogens with one attached hydrogen (secondary N) is 1. The maximum absolute atomic E-state index is 6.11. The summed E-state index contributed by atoms with van der Waals surface area (Å²) in [5, 5.41) is 3.78. The summed E-state index contributed by atoms with van der Waals surface area (Å²) in [6.45, 7) is 1.51. The molecule has 6 heteroatoms. The first-order valence-corrected chi connectivity index (χ1v) is 7.41. The first-order chi connectivity index (χ1) is 9.10. The summed E-state index contributed by atoms with van der Waals surface area (Å²) < 4.78 is 0.809. The normalized spacial score (nSPS) is 10.7. The molecular formula is C13H15Cl2N3S. The molecular weight excluding hydrogens is 301 g/mol. The molecule has 0 aromatic carbocycles. The van der Waals surface area contributed by atoms with Crippen LogP contribution in [-0.4, -0.2) is 19.1 Å². The number of thiophene rings is 1. The van der Waals surface area contributed by atoms with Crippen molar-refractivity contribution >= 4 is 40.4 Å². The minimum atomic E-state index is 0.686. The van der Waals surface area contributed by atoms with Gasteiger partial charge in [0.25, 0.3) is 0 Å². The van der Waals surface area contributed by atoms with Crippen LogP contribution in [0.4, 0.5) is 5.82 Å². The second kappa shape index (κ2) is 6.57. The Morgan fingerprint density at radius 2 is 2.16 bits per heavy atom. The van der Waals surface area contributed by atoms with Crippen LogP contribution in [0.2, 0.25) is 9.36 Å². The van der Waals surface area contributed by atoms with Crippen LogP contribution in [0.1, 0.15) is 10.4 Å². The molecule has 2 aromatic rings. The molecule has 0 aliphatic heterocycles. The number of halogens is 2. The summed E-state index contributed by atoms with van der Waals surface area (Å²) in [6.07, 6.45) is 1.70. The molecule has 0 radical (unpaired) electrons. The lowest BCUT2D eigenvalue weighted by Gasteiger charge is -2.18. The Hall–Kier alpha value is -0.810. The van der Waals surface area contributed by atoms with Gasteiger partial charge in [0.15, 0.2) is 0 Å². The van der Waals surface area contributed by atoms with Crippen LogP contribution in [0.25, 0.3) is 0 Å². The van der Waals surface area contributed by atoms with Crippen molar-refractivity contribution in [2.24, 2.45) is 0 Å². The van der Waals surface area contributed by atoms with Gasteiger partial charge in [-0.05, 0) is 30.8 Å². The number of aromatic nitrogens is 1. The fraction of sp³-hybridized carbons (Fsp3) is 0.308. The van der Waals surface area contributed by atoms with Crippen LogP contribution in [0.5, 0.6) is 0 Å². The Bertz CT molecular complexity index is 557. The quantitative estimate of drug-likeness (QED) is 0.909. The lowest BCUT2D eigenvalue weighted by Crippen LogP contribution is -2.17. The number of hydrogen-bond acceptors (Lipinski definition) is 4. The Morgan fingerprint density at radius 1 is 1.37 bits per heavy atom. The second-order valence-corrected chi connectivity index (χ2v) is 6.43. The molecule has 1 N–H and O–H groups in total. The molecule has 0 amide bonds. The molecule has 2 heterocycles. The minimum absolute atomic E-state index is 0.686. The van der Waals surface area contributed by atoms with Crippen molar-refractivity contribution in [3.05, 3.63) is 44.2 Å². The summed E-state index contributed by atoms with van der Waals surface area (Å²) in [5.74, 6) is 0.902. The highest BCUT2D eigenvalue weighted by Gasteiger charge is 2.08. The van der Waals surface area contributed by atoms with Crippen molar-refractivity contribution in [2.45, 2.75) is 13.1 Å². The zero-order valence-electron chi connectivity index (χ0n) is 10.8. The van der Waals surface area contributed by atoms with E-state index in [-0.39, 0.29) is 0 Å². The molecule has 0 bridgehead atoms. The van der Waals surface area contributed by atoms with E-state index in [1.807, 2.05) is 32.3 Å². The second-order valence-electron chi connectivity index (χ2n) is 4.23. The highest BCUT2D eigenvalue weighted by Crippen LogP contribution is 2.25. The minimum Gasteiger partial charge on any atom is -0.355 e. The van der Waals surface area contributed by atoms with Gasteiger partial charge in [-0.1, -0.05) is 23.2 Å². The van der Waals surface area contributed by atoms with Gasteiger partial charge in [-0.25, -0.2) is 4.98 Å². The van der Waals surface area contributed by atoms with Crippen LogP contribution in [0.3, 0.4) is 0 Å². The van der Waals surface area contributed by atoms with Crippen molar-refractivity contribution in [1.82, 2.24) is 10.3 Å². The van der Waals surface area contributed by atoms with Gasteiger partial charge in [0, 0.05) is 24.7 Å². The van der Waals surface area contributed by atoms with Gasteiger partial charge < -0.3 is 10.2 Å². The number of pyridine rings is 1. The molecule has 0 aliphatic carbocycles. The monoisotopic (exact) mass is 315 g/mol. The Morgan fingerprint density at radius 3 is 2.79 bits per heavy atom. The van der Waals surface area contributed by atoms with Crippen molar-refractivity contribution in [3.63, 3.8) is 0 Å². The number of anilines is 1. The first kappa shape index (κ1) is 14.6. The third-order valence-electron chi connectivity index (χ3n) is 2.70. The van der Waals surface area contributed by atoms with Gasteiger partial charge in [0.2, 0.25) is 0 Å².